The van der Waals surface area contributed by atoms with Crippen LogP contribution in [-0.4, -0.2) is 6.61 Å². The molecule has 0 amide bonds. The molecule has 0 radical (unpaired) electrons. The Kier molecular flexibility index (Phi) is 9.67. The molecule has 2 aliphatic carbocycles. The van der Waals surface area contributed by atoms with Crippen LogP contribution in [0.2, 0.25) is 0 Å². The molecule has 2 fully saturated rings. The molecule has 0 aliphatic heterocycles. The first kappa shape index (κ1) is 26.4. The van der Waals surface area contributed by atoms with Gasteiger partial charge >= 0.3 is 0 Å². The maximum absolute atomic E-state index is 15.1. The van der Waals surface area contributed by atoms with Crippen LogP contribution in [0, 0.1) is 23.5 Å². The van der Waals surface area contributed by atoms with E-state index in [0.29, 0.717) is 41.6 Å². The van der Waals surface area contributed by atoms with Gasteiger partial charge in [0.1, 0.15) is 5.76 Å². The van der Waals surface area contributed by atoms with Gasteiger partial charge in [-0.3, -0.25) is 0 Å². The predicted octanol–water partition coefficient (Wildman–Crippen LogP) is 9.44. The van der Waals surface area contributed by atoms with Gasteiger partial charge in [-0.05, 0) is 112 Å². The van der Waals surface area contributed by atoms with E-state index in [4.69, 9.17) is 4.74 Å². The lowest BCUT2D eigenvalue weighted by atomic mass is 9.75. The fourth-order valence-electron chi connectivity index (χ4n) is 5.60. The molecule has 0 N–H and O–H groups in total. The Hall–Kier alpha value is -2.23. The molecule has 2 saturated carbocycles. The van der Waals surface area contributed by atoms with Gasteiger partial charge in [-0.1, -0.05) is 36.9 Å². The van der Waals surface area contributed by atoms with Crippen molar-refractivity contribution in [3.8, 4) is 0 Å². The first-order valence-corrected chi connectivity index (χ1v) is 12.8. The van der Waals surface area contributed by atoms with E-state index in [1.807, 2.05) is 18.2 Å². The Morgan fingerprint density at radius 1 is 0.941 bits per heavy atom. The van der Waals surface area contributed by atoms with Gasteiger partial charge in [0.15, 0.2) is 17.5 Å². The first-order chi connectivity index (χ1) is 16.3. The standard InChI is InChI=1S/C30H39F3O/c1-5-22-9-13-24(14-10-22)26-17-18-27(30(33)29(26)32)25-15-11-23(12-16-25)8-7-20(3)19-28(31)21(4)34-6-2/h5,17-19,22-25H,1,3-4,6-16H2,2H3/b28-19+. The van der Waals surface area contributed by atoms with E-state index in [9.17, 15) is 4.39 Å². The molecule has 1 aromatic carbocycles. The van der Waals surface area contributed by atoms with Crippen LogP contribution >= 0.6 is 0 Å². The molecule has 2 aliphatic rings. The fraction of sp³-hybridized carbons (Fsp3) is 0.533. The van der Waals surface area contributed by atoms with Gasteiger partial charge in [0.05, 0.1) is 6.61 Å². The lowest BCUT2D eigenvalue weighted by Crippen LogP contribution is -2.17. The van der Waals surface area contributed by atoms with Crippen LogP contribution in [0.4, 0.5) is 13.2 Å². The molecule has 0 saturated heterocycles. The van der Waals surface area contributed by atoms with Gasteiger partial charge in [0.25, 0.3) is 0 Å². The average Bonchev–Trinajstić information content (AvgIpc) is 2.85. The minimum absolute atomic E-state index is 0.0360. The molecule has 0 spiro atoms. The van der Waals surface area contributed by atoms with Crippen molar-refractivity contribution < 1.29 is 17.9 Å². The highest BCUT2D eigenvalue weighted by molar-refractivity contribution is 5.32. The van der Waals surface area contributed by atoms with E-state index in [1.165, 1.54) is 6.08 Å². The summed E-state index contributed by atoms with van der Waals surface area (Å²) in [6, 6.07) is 3.67. The predicted molar refractivity (Wildman–Crippen MR) is 134 cm³/mol. The zero-order valence-electron chi connectivity index (χ0n) is 20.6. The van der Waals surface area contributed by atoms with Crippen LogP contribution in [-0.2, 0) is 4.74 Å². The third-order valence-corrected chi connectivity index (χ3v) is 7.76. The van der Waals surface area contributed by atoms with Gasteiger partial charge in [-0.2, -0.15) is 0 Å². The highest BCUT2D eigenvalue weighted by Gasteiger charge is 2.29. The highest BCUT2D eigenvalue weighted by atomic mass is 19.2. The Morgan fingerprint density at radius 3 is 1.97 bits per heavy atom. The largest absolute Gasteiger partial charge is 0.491 e. The second-order valence-corrected chi connectivity index (χ2v) is 9.98. The van der Waals surface area contributed by atoms with Crippen molar-refractivity contribution in [2.75, 3.05) is 6.61 Å². The lowest BCUT2D eigenvalue weighted by Gasteiger charge is -2.30. The summed E-state index contributed by atoms with van der Waals surface area (Å²) < 4.78 is 49.2. The molecule has 3 rings (SSSR count). The summed E-state index contributed by atoms with van der Waals surface area (Å²) in [7, 11) is 0. The summed E-state index contributed by atoms with van der Waals surface area (Å²) in [6.45, 7) is 13.5. The van der Waals surface area contributed by atoms with Crippen molar-refractivity contribution in [1.82, 2.24) is 0 Å². The zero-order valence-corrected chi connectivity index (χ0v) is 20.6. The van der Waals surface area contributed by atoms with E-state index >= 15 is 8.78 Å². The van der Waals surface area contributed by atoms with E-state index in [0.717, 1.165) is 57.8 Å². The van der Waals surface area contributed by atoms with Crippen molar-refractivity contribution in [2.24, 2.45) is 11.8 Å². The molecule has 0 heterocycles. The molecule has 1 nitrogen and oxygen atoms in total. The van der Waals surface area contributed by atoms with Crippen molar-refractivity contribution >= 4 is 0 Å². The minimum Gasteiger partial charge on any atom is -0.491 e. The lowest BCUT2D eigenvalue weighted by molar-refractivity contribution is 0.226. The van der Waals surface area contributed by atoms with Gasteiger partial charge in [-0.15, -0.1) is 6.58 Å². The Bertz CT molecular complexity index is 900. The summed E-state index contributed by atoms with van der Waals surface area (Å²) in [5.74, 6) is -0.568. The molecule has 1 aromatic rings. The second kappa shape index (κ2) is 12.5. The maximum Gasteiger partial charge on any atom is 0.164 e. The van der Waals surface area contributed by atoms with Crippen molar-refractivity contribution in [3.05, 3.63) is 83.9 Å². The van der Waals surface area contributed by atoms with Crippen LogP contribution < -0.4 is 0 Å². The van der Waals surface area contributed by atoms with Crippen LogP contribution in [0.5, 0.6) is 0 Å². The van der Waals surface area contributed by atoms with Gasteiger partial charge in [0, 0.05) is 0 Å². The molecule has 0 bridgehead atoms. The summed E-state index contributed by atoms with van der Waals surface area (Å²) in [4.78, 5) is 0. The van der Waals surface area contributed by atoms with E-state index < -0.39 is 17.5 Å². The number of benzene rings is 1. The number of hydrogen-bond donors (Lipinski definition) is 0. The Balaban J connectivity index is 1.51. The Morgan fingerprint density at radius 2 is 1.47 bits per heavy atom. The molecule has 186 valence electrons. The van der Waals surface area contributed by atoms with Crippen LogP contribution in [0.25, 0.3) is 0 Å². The maximum atomic E-state index is 15.1. The fourth-order valence-corrected chi connectivity index (χ4v) is 5.60. The normalized spacial score (nSPS) is 25.6. The quantitative estimate of drug-likeness (QED) is 0.187. The zero-order chi connectivity index (χ0) is 24.7. The van der Waals surface area contributed by atoms with Crippen molar-refractivity contribution in [1.29, 1.82) is 0 Å². The molecular formula is C30H39F3O. The van der Waals surface area contributed by atoms with Crippen LogP contribution in [0.15, 0.2) is 61.2 Å². The molecule has 0 atom stereocenters. The summed E-state index contributed by atoms with van der Waals surface area (Å²) >= 11 is 0. The van der Waals surface area contributed by atoms with Crippen molar-refractivity contribution in [3.63, 3.8) is 0 Å². The number of ether oxygens (including phenoxy) is 1. The first-order valence-electron chi connectivity index (χ1n) is 12.8. The second-order valence-electron chi connectivity index (χ2n) is 9.98. The minimum atomic E-state index is -0.643. The monoisotopic (exact) mass is 472 g/mol. The van der Waals surface area contributed by atoms with Gasteiger partial charge < -0.3 is 4.74 Å². The van der Waals surface area contributed by atoms with Crippen LogP contribution in [0.1, 0.15) is 94.1 Å². The van der Waals surface area contributed by atoms with E-state index in [2.05, 4.69) is 19.7 Å². The molecule has 0 unspecified atom stereocenters. The summed E-state index contributed by atoms with van der Waals surface area (Å²) in [5, 5.41) is 0. The SMILES string of the molecule is C=CC1CCC(c2ccc(C3CCC(CCC(=C)/C=C(/F)C(=C)OCC)CC3)c(F)c2F)CC1. The number of allylic oxidation sites excluding steroid dienone is 4. The number of rotatable bonds is 10. The molecular weight excluding hydrogens is 433 g/mol. The third-order valence-electron chi connectivity index (χ3n) is 7.76. The molecule has 34 heavy (non-hydrogen) atoms. The highest BCUT2D eigenvalue weighted by Crippen LogP contribution is 2.42. The number of halogens is 3. The molecule has 4 heteroatoms. The third kappa shape index (κ3) is 6.67. The van der Waals surface area contributed by atoms with Crippen molar-refractivity contribution in [2.45, 2.75) is 83.0 Å². The summed E-state index contributed by atoms with van der Waals surface area (Å²) in [6.07, 6.45) is 12.4. The van der Waals surface area contributed by atoms with Crippen LogP contribution in [0.3, 0.4) is 0 Å². The van der Waals surface area contributed by atoms with E-state index in [-0.39, 0.29) is 17.6 Å². The van der Waals surface area contributed by atoms with E-state index in [1.54, 1.807) is 6.92 Å². The Labute approximate surface area is 203 Å². The summed E-state index contributed by atoms with van der Waals surface area (Å²) in [5.41, 5.74) is 1.79. The topological polar surface area (TPSA) is 9.23 Å². The molecule has 0 aromatic heterocycles. The average molecular weight is 473 g/mol. The smallest absolute Gasteiger partial charge is 0.164 e. The number of hydrogen-bond acceptors (Lipinski definition) is 1. The van der Waals surface area contributed by atoms with Gasteiger partial charge in [0.2, 0.25) is 0 Å². The van der Waals surface area contributed by atoms with Gasteiger partial charge in [-0.25, -0.2) is 13.2 Å².